The fraction of sp³-hybridized carbons (Fsp3) is 0.188. The molecule has 0 saturated carbocycles. The minimum absolute atomic E-state index is 0.0877. The zero-order valence-electron chi connectivity index (χ0n) is 11.7. The number of carbonyl (C=O) groups is 1. The van der Waals surface area contributed by atoms with E-state index in [1.54, 1.807) is 18.2 Å². The van der Waals surface area contributed by atoms with Crippen LogP contribution in [0.25, 0.3) is 0 Å². The topological polar surface area (TPSA) is 40.5 Å². The molecule has 0 bridgehead atoms. The standard InChI is InChI=1S/C16H15Cl2NO2/c1-10(11-6-3-4-7-12(11)17)19(2)14-9-5-8-13(18)15(14)16(20)21/h3-10H,1-2H3,(H,20,21). The maximum atomic E-state index is 11.4. The van der Waals surface area contributed by atoms with Crippen LogP contribution in [0.1, 0.15) is 28.9 Å². The van der Waals surface area contributed by atoms with Crippen LogP contribution in [0.3, 0.4) is 0 Å². The lowest BCUT2D eigenvalue weighted by atomic mass is 10.0. The van der Waals surface area contributed by atoms with Gasteiger partial charge in [0.05, 0.1) is 16.8 Å². The van der Waals surface area contributed by atoms with Gasteiger partial charge in [0.15, 0.2) is 0 Å². The number of anilines is 1. The lowest BCUT2D eigenvalue weighted by Crippen LogP contribution is -2.24. The third-order valence-corrected chi connectivity index (χ3v) is 4.18. The summed E-state index contributed by atoms with van der Waals surface area (Å²) < 4.78 is 0. The minimum Gasteiger partial charge on any atom is -0.478 e. The molecule has 2 aromatic rings. The largest absolute Gasteiger partial charge is 0.478 e. The molecular weight excluding hydrogens is 309 g/mol. The van der Waals surface area contributed by atoms with Gasteiger partial charge in [0.1, 0.15) is 5.56 Å². The monoisotopic (exact) mass is 323 g/mol. The van der Waals surface area contributed by atoms with Gasteiger partial charge in [-0.1, -0.05) is 47.5 Å². The Morgan fingerprint density at radius 3 is 2.33 bits per heavy atom. The molecule has 0 aliphatic rings. The molecule has 5 heteroatoms. The van der Waals surface area contributed by atoms with Crippen molar-refractivity contribution in [2.75, 3.05) is 11.9 Å². The Morgan fingerprint density at radius 1 is 1.10 bits per heavy atom. The average molecular weight is 324 g/mol. The number of carboxylic acids is 1. The molecule has 2 rings (SSSR count). The first-order chi connectivity index (χ1) is 9.93. The molecule has 110 valence electrons. The van der Waals surface area contributed by atoms with Gasteiger partial charge in [-0.05, 0) is 30.7 Å². The maximum absolute atomic E-state index is 11.4. The van der Waals surface area contributed by atoms with E-state index in [1.807, 2.05) is 43.1 Å². The Balaban J connectivity index is 2.46. The van der Waals surface area contributed by atoms with Crippen LogP contribution in [0.2, 0.25) is 10.0 Å². The molecule has 3 nitrogen and oxygen atoms in total. The van der Waals surface area contributed by atoms with E-state index in [4.69, 9.17) is 23.2 Å². The molecule has 0 aliphatic heterocycles. The van der Waals surface area contributed by atoms with Crippen LogP contribution in [0, 0.1) is 0 Å². The summed E-state index contributed by atoms with van der Waals surface area (Å²) in [6, 6.07) is 12.5. The number of carboxylic acid groups (broad SMARTS) is 1. The molecule has 0 amide bonds. The second-order valence-electron chi connectivity index (χ2n) is 4.75. The number of hydrogen-bond acceptors (Lipinski definition) is 2. The first kappa shape index (κ1) is 15.7. The third kappa shape index (κ3) is 3.14. The van der Waals surface area contributed by atoms with E-state index in [0.29, 0.717) is 10.7 Å². The summed E-state index contributed by atoms with van der Waals surface area (Å²) in [5.41, 5.74) is 1.58. The predicted octanol–water partition coefficient (Wildman–Crippen LogP) is 4.89. The van der Waals surface area contributed by atoms with Crippen molar-refractivity contribution < 1.29 is 9.90 Å². The Hall–Kier alpha value is -1.71. The van der Waals surface area contributed by atoms with Crippen molar-refractivity contribution in [2.24, 2.45) is 0 Å². The normalized spacial score (nSPS) is 12.0. The molecule has 0 heterocycles. The Morgan fingerprint density at radius 2 is 1.71 bits per heavy atom. The highest BCUT2D eigenvalue weighted by atomic mass is 35.5. The van der Waals surface area contributed by atoms with Gasteiger partial charge in [-0.3, -0.25) is 0 Å². The summed E-state index contributed by atoms with van der Waals surface area (Å²) in [5.74, 6) is -1.05. The van der Waals surface area contributed by atoms with Crippen LogP contribution in [0.4, 0.5) is 5.69 Å². The quantitative estimate of drug-likeness (QED) is 0.870. The number of hydrogen-bond donors (Lipinski definition) is 1. The number of rotatable bonds is 4. The zero-order chi connectivity index (χ0) is 15.6. The molecule has 1 atom stereocenters. The Labute approximate surface area is 133 Å². The van der Waals surface area contributed by atoms with Crippen LogP contribution in [0.15, 0.2) is 42.5 Å². The van der Waals surface area contributed by atoms with Crippen molar-refractivity contribution in [3.63, 3.8) is 0 Å². The minimum atomic E-state index is -1.05. The Bertz CT molecular complexity index is 673. The molecule has 0 aromatic heterocycles. The first-order valence-corrected chi connectivity index (χ1v) is 7.18. The van der Waals surface area contributed by atoms with E-state index in [-0.39, 0.29) is 16.6 Å². The van der Waals surface area contributed by atoms with E-state index in [1.165, 1.54) is 0 Å². The van der Waals surface area contributed by atoms with E-state index in [9.17, 15) is 9.90 Å². The van der Waals surface area contributed by atoms with Crippen LogP contribution in [-0.4, -0.2) is 18.1 Å². The van der Waals surface area contributed by atoms with Crippen molar-refractivity contribution in [1.29, 1.82) is 0 Å². The van der Waals surface area contributed by atoms with Gasteiger partial charge in [-0.2, -0.15) is 0 Å². The summed E-state index contributed by atoms with van der Waals surface area (Å²) in [6.07, 6.45) is 0. The smallest absolute Gasteiger partial charge is 0.339 e. The van der Waals surface area contributed by atoms with Crippen LogP contribution < -0.4 is 4.90 Å². The van der Waals surface area contributed by atoms with Crippen molar-refractivity contribution in [2.45, 2.75) is 13.0 Å². The van der Waals surface area contributed by atoms with Crippen LogP contribution >= 0.6 is 23.2 Å². The number of halogens is 2. The maximum Gasteiger partial charge on any atom is 0.339 e. The van der Waals surface area contributed by atoms with Crippen molar-refractivity contribution in [3.8, 4) is 0 Å². The summed E-state index contributed by atoms with van der Waals surface area (Å²) >= 11 is 12.2. The van der Waals surface area contributed by atoms with Crippen molar-refractivity contribution in [1.82, 2.24) is 0 Å². The first-order valence-electron chi connectivity index (χ1n) is 6.42. The molecule has 0 radical (unpaired) electrons. The lowest BCUT2D eigenvalue weighted by molar-refractivity contribution is 0.0697. The number of benzene rings is 2. The molecular formula is C16H15Cl2NO2. The van der Waals surface area contributed by atoms with E-state index < -0.39 is 5.97 Å². The average Bonchev–Trinajstić information content (AvgIpc) is 2.45. The molecule has 0 spiro atoms. The highest BCUT2D eigenvalue weighted by Crippen LogP contribution is 2.34. The molecule has 2 aromatic carbocycles. The van der Waals surface area contributed by atoms with E-state index in [0.717, 1.165) is 5.56 Å². The fourth-order valence-corrected chi connectivity index (χ4v) is 2.79. The second-order valence-corrected chi connectivity index (χ2v) is 5.56. The van der Waals surface area contributed by atoms with Crippen molar-refractivity contribution in [3.05, 3.63) is 63.6 Å². The van der Waals surface area contributed by atoms with Gasteiger partial charge >= 0.3 is 5.97 Å². The highest BCUT2D eigenvalue weighted by Gasteiger charge is 2.21. The molecule has 21 heavy (non-hydrogen) atoms. The molecule has 1 unspecified atom stereocenters. The molecule has 1 N–H and O–H groups in total. The third-order valence-electron chi connectivity index (χ3n) is 3.52. The second kappa shape index (κ2) is 6.37. The highest BCUT2D eigenvalue weighted by molar-refractivity contribution is 6.34. The van der Waals surface area contributed by atoms with Crippen molar-refractivity contribution >= 4 is 34.9 Å². The zero-order valence-corrected chi connectivity index (χ0v) is 13.2. The van der Waals surface area contributed by atoms with Crippen LogP contribution in [0.5, 0.6) is 0 Å². The van der Waals surface area contributed by atoms with Gasteiger partial charge in [-0.25, -0.2) is 4.79 Å². The predicted molar refractivity (Wildman–Crippen MR) is 86.7 cm³/mol. The van der Waals surface area contributed by atoms with Gasteiger partial charge in [0, 0.05) is 12.1 Å². The Kier molecular flexibility index (Phi) is 4.76. The van der Waals surface area contributed by atoms with Crippen LogP contribution in [-0.2, 0) is 0 Å². The van der Waals surface area contributed by atoms with Gasteiger partial charge in [-0.15, -0.1) is 0 Å². The SMILES string of the molecule is CC(c1ccccc1Cl)N(C)c1cccc(Cl)c1C(=O)O. The molecule has 0 fully saturated rings. The van der Waals surface area contributed by atoms with E-state index in [2.05, 4.69) is 0 Å². The summed E-state index contributed by atoms with van der Waals surface area (Å²) in [7, 11) is 1.83. The molecule has 0 saturated heterocycles. The van der Waals surface area contributed by atoms with E-state index >= 15 is 0 Å². The van der Waals surface area contributed by atoms with Gasteiger partial charge < -0.3 is 10.0 Å². The summed E-state index contributed by atoms with van der Waals surface area (Å²) in [6.45, 7) is 1.97. The van der Waals surface area contributed by atoms with Gasteiger partial charge in [0.25, 0.3) is 0 Å². The number of aromatic carboxylic acids is 1. The fourth-order valence-electron chi connectivity index (χ4n) is 2.25. The summed E-state index contributed by atoms with van der Waals surface area (Å²) in [4.78, 5) is 13.3. The number of nitrogens with zero attached hydrogens (tertiary/aromatic N) is 1. The molecule has 0 aliphatic carbocycles. The summed E-state index contributed by atoms with van der Waals surface area (Å²) in [5, 5.41) is 10.2. The van der Waals surface area contributed by atoms with Gasteiger partial charge in [0.2, 0.25) is 0 Å². The lowest BCUT2D eigenvalue weighted by Gasteiger charge is -2.29.